The Labute approximate surface area is 119 Å². The molecule has 0 bridgehead atoms. The van der Waals surface area contributed by atoms with Crippen molar-refractivity contribution in [1.29, 1.82) is 0 Å². The van der Waals surface area contributed by atoms with E-state index in [1.54, 1.807) is 18.3 Å². The van der Waals surface area contributed by atoms with Gasteiger partial charge in [0.15, 0.2) is 0 Å². The lowest BCUT2D eigenvalue weighted by Gasteiger charge is -2.22. The molecule has 1 aromatic heterocycles. The molecule has 2 aliphatic rings. The highest BCUT2D eigenvalue weighted by molar-refractivity contribution is 5.94. The van der Waals surface area contributed by atoms with Crippen LogP contribution in [0.4, 0.5) is 0 Å². The van der Waals surface area contributed by atoms with E-state index < -0.39 is 0 Å². The molecule has 3 rings (SSSR count). The van der Waals surface area contributed by atoms with Crippen LogP contribution in [0.15, 0.2) is 18.3 Å². The summed E-state index contributed by atoms with van der Waals surface area (Å²) in [5.74, 6) is 1.32. The van der Waals surface area contributed by atoms with Gasteiger partial charge in [-0.1, -0.05) is 19.3 Å². The topological polar surface area (TPSA) is 51.2 Å². The van der Waals surface area contributed by atoms with E-state index in [-0.39, 0.29) is 5.91 Å². The van der Waals surface area contributed by atoms with Gasteiger partial charge >= 0.3 is 0 Å². The van der Waals surface area contributed by atoms with E-state index in [1.807, 2.05) is 0 Å². The first-order valence-corrected chi connectivity index (χ1v) is 7.71. The van der Waals surface area contributed by atoms with Gasteiger partial charge in [-0.25, -0.2) is 4.98 Å². The predicted molar refractivity (Wildman–Crippen MR) is 76.8 cm³/mol. The quantitative estimate of drug-likeness (QED) is 0.898. The fraction of sp³-hybridized carbons (Fsp3) is 0.625. The SMILES string of the molecule is O=C(NC1CCCCC1)c1ccc(OCC2CC2)nc1. The van der Waals surface area contributed by atoms with Gasteiger partial charge in [-0.2, -0.15) is 0 Å². The first-order valence-electron chi connectivity index (χ1n) is 7.71. The van der Waals surface area contributed by atoms with Crippen molar-refractivity contribution in [3.63, 3.8) is 0 Å². The highest BCUT2D eigenvalue weighted by atomic mass is 16.5. The summed E-state index contributed by atoms with van der Waals surface area (Å²) in [6.45, 7) is 0.751. The average Bonchev–Trinajstić information content (AvgIpc) is 3.31. The lowest BCUT2D eigenvalue weighted by atomic mass is 9.95. The van der Waals surface area contributed by atoms with E-state index in [0.717, 1.165) is 19.4 Å². The fourth-order valence-corrected chi connectivity index (χ4v) is 2.60. The Bertz CT molecular complexity index is 448. The van der Waals surface area contributed by atoms with Crippen LogP contribution >= 0.6 is 0 Å². The van der Waals surface area contributed by atoms with E-state index in [9.17, 15) is 4.79 Å². The van der Waals surface area contributed by atoms with Gasteiger partial charge in [-0.3, -0.25) is 4.79 Å². The number of nitrogens with zero attached hydrogens (tertiary/aromatic N) is 1. The van der Waals surface area contributed by atoms with Gasteiger partial charge in [0, 0.05) is 18.3 Å². The lowest BCUT2D eigenvalue weighted by Crippen LogP contribution is -2.36. The van der Waals surface area contributed by atoms with Crippen LogP contribution < -0.4 is 10.1 Å². The smallest absolute Gasteiger partial charge is 0.253 e. The molecule has 0 unspecified atom stereocenters. The largest absolute Gasteiger partial charge is 0.477 e. The van der Waals surface area contributed by atoms with Crippen LogP contribution in [0.25, 0.3) is 0 Å². The zero-order valence-electron chi connectivity index (χ0n) is 11.8. The van der Waals surface area contributed by atoms with E-state index in [1.165, 1.54) is 32.1 Å². The molecule has 4 nitrogen and oxygen atoms in total. The molecule has 0 aromatic carbocycles. The second kappa shape index (κ2) is 6.25. The summed E-state index contributed by atoms with van der Waals surface area (Å²) >= 11 is 0. The average molecular weight is 274 g/mol. The number of pyridine rings is 1. The molecule has 2 saturated carbocycles. The molecule has 1 aromatic rings. The van der Waals surface area contributed by atoms with Crippen LogP contribution in [-0.2, 0) is 0 Å². The monoisotopic (exact) mass is 274 g/mol. The standard InChI is InChI=1S/C16H22N2O2/c19-16(18-14-4-2-1-3-5-14)13-8-9-15(17-10-13)20-11-12-6-7-12/h8-10,12,14H,1-7,11H2,(H,18,19). The van der Waals surface area contributed by atoms with Gasteiger partial charge in [-0.15, -0.1) is 0 Å². The fourth-order valence-electron chi connectivity index (χ4n) is 2.60. The number of hydrogen-bond donors (Lipinski definition) is 1. The van der Waals surface area contributed by atoms with Crippen LogP contribution in [0, 0.1) is 5.92 Å². The zero-order valence-corrected chi connectivity index (χ0v) is 11.8. The van der Waals surface area contributed by atoms with Crippen molar-refractivity contribution in [3.05, 3.63) is 23.9 Å². The summed E-state index contributed by atoms with van der Waals surface area (Å²) in [4.78, 5) is 16.3. The molecule has 0 atom stereocenters. The molecule has 4 heteroatoms. The normalized spacial score (nSPS) is 19.6. The second-order valence-corrected chi connectivity index (χ2v) is 5.95. The Morgan fingerprint density at radius 1 is 1.20 bits per heavy atom. The summed E-state index contributed by atoms with van der Waals surface area (Å²) in [6, 6.07) is 3.92. The minimum Gasteiger partial charge on any atom is -0.477 e. The molecule has 0 spiro atoms. The van der Waals surface area contributed by atoms with Gasteiger partial charge in [0.25, 0.3) is 5.91 Å². The van der Waals surface area contributed by atoms with E-state index in [0.29, 0.717) is 23.4 Å². The van der Waals surface area contributed by atoms with Crippen molar-refractivity contribution in [1.82, 2.24) is 10.3 Å². The Hall–Kier alpha value is -1.58. The molecule has 108 valence electrons. The van der Waals surface area contributed by atoms with Crippen molar-refractivity contribution in [3.8, 4) is 5.88 Å². The summed E-state index contributed by atoms with van der Waals surface area (Å²) in [5, 5.41) is 3.10. The third kappa shape index (κ3) is 3.71. The number of carbonyl (C=O) groups excluding carboxylic acids is 1. The van der Waals surface area contributed by atoms with E-state index in [4.69, 9.17) is 4.74 Å². The van der Waals surface area contributed by atoms with Gasteiger partial charge in [0.2, 0.25) is 5.88 Å². The lowest BCUT2D eigenvalue weighted by molar-refractivity contribution is 0.0927. The molecule has 20 heavy (non-hydrogen) atoms. The summed E-state index contributed by atoms with van der Waals surface area (Å²) < 4.78 is 5.57. The molecular formula is C16H22N2O2. The maximum Gasteiger partial charge on any atom is 0.253 e. The van der Waals surface area contributed by atoms with Crippen molar-refractivity contribution >= 4 is 5.91 Å². The Balaban J connectivity index is 1.51. The van der Waals surface area contributed by atoms with Crippen LogP contribution in [-0.4, -0.2) is 23.5 Å². The maximum absolute atomic E-state index is 12.1. The number of amides is 1. The Morgan fingerprint density at radius 3 is 2.65 bits per heavy atom. The summed E-state index contributed by atoms with van der Waals surface area (Å²) in [5.41, 5.74) is 0.620. The Morgan fingerprint density at radius 2 is 2.00 bits per heavy atom. The number of ether oxygens (including phenoxy) is 1. The number of aromatic nitrogens is 1. The summed E-state index contributed by atoms with van der Waals surface area (Å²) in [7, 11) is 0. The second-order valence-electron chi connectivity index (χ2n) is 5.95. The molecule has 0 radical (unpaired) electrons. The van der Waals surface area contributed by atoms with E-state index >= 15 is 0 Å². The van der Waals surface area contributed by atoms with E-state index in [2.05, 4.69) is 10.3 Å². The molecule has 2 aliphatic carbocycles. The van der Waals surface area contributed by atoms with Crippen LogP contribution in [0.1, 0.15) is 55.3 Å². The minimum absolute atomic E-state index is 0.0156. The first kappa shape index (κ1) is 13.4. The van der Waals surface area contributed by atoms with Gasteiger partial charge in [0.05, 0.1) is 12.2 Å². The minimum atomic E-state index is -0.0156. The molecular weight excluding hydrogens is 252 g/mol. The Kier molecular flexibility index (Phi) is 4.19. The molecule has 1 amide bonds. The highest BCUT2D eigenvalue weighted by Gasteiger charge is 2.22. The number of hydrogen-bond acceptors (Lipinski definition) is 3. The summed E-state index contributed by atoms with van der Waals surface area (Å²) in [6.07, 6.45) is 10.1. The van der Waals surface area contributed by atoms with Crippen molar-refractivity contribution in [2.24, 2.45) is 5.92 Å². The third-order valence-electron chi connectivity index (χ3n) is 4.10. The number of rotatable bonds is 5. The predicted octanol–water partition coefficient (Wildman–Crippen LogP) is 2.93. The van der Waals surface area contributed by atoms with Crippen molar-refractivity contribution in [2.45, 2.75) is 51.0 Å². The zero-order chi connectivity index (χ0) is 13.8. The van der Waals surface area contributed by atoms with Crippen molar-refractivity contribution < 1.29 is 9.53 Å². The number of nitrogens with one attached hydrogen (secondary N) is 1. The maximum atomic E-state index is 12.1. The molecule has 1 heterocycles. The van der Waals surface area contributed by atoms with Crippen LogP contribution in [0.5, 0.6) is 5.88 Å². The van der Waals surface area contributed by atoms with Crippen LogP contribution in [0.2, 0.25) is 0 Å². The molecule has 2 fully saturated rings. The van der Waals surface area contributed by atoms with Crippen LogP contribution in [0.3, 0.4) is 0 Å². The van der Waals surface area contributed by atoms with Gasteiger partial charge in [-0.05, 0) is 37.7 Å². The molecule has 1 N–H and O–H groups in total. The van der Waals surface area contributed by atoms with Gasteiger partial charge in [0.1, 0.15) is 0 Å². The van der Waals surface area contributed by atoms with Crippen molar-refractivity contribution in [2.75, 3.05) is 6.61 Å². The van der Waals surface area contributed by atoms with Gasteiger partial charge < -0.3 is 10.1 Å². The molecule has 0 saturated heterocycles. The first-order chi connectivity index (χ1) is 9.81. The number of carbonyl (C=O) groups is 1. The third-order valence-corrected chi connectivity index (χ3v) is 4.10. The highest BCUT2D eigenvalue weighted by Crippen LogP contribution is 2.29. The molecule has 0 aliphatic heterocycles.